The van der Waals surface area contributed by atoms with Gasteiger partial charge in [0.15, 0.2) is 0 Å². The second-order valence-corrected chi connectivity index (χ2v) is 14.2. The summed E-state index contributed by atoms with van der Waals surface area (Å²) in [5.41, 5.74) is 0. The van der Waals surface area contributed by atoms with Crippen LogP contribution in [0.5, 0.6) is 0 Å². The average molecular weight is 699 g/mol. The second-order valence-electron chi connectivity index (χ2n) is 14.2. The summed E-state index contributed by atoms with van der Waals surface area (Å²) < 4.78 is 18.0. The van der Waals surface area contributed by atoms with Gasteiger partial charge in [-0.3, -0.25) is 0 Å². The van der Waals surface area contributed by atoms with Crippen LogP contribution in [0.15, 0.2) is 24.3 Å². The summed E-state index contributed by atoms with van der Waals surface area (Å²) in [7, 11) is 0. The number of rotatable bonds is 40. The Morgan fingerprint density at radius 2 is 0.714 bits per heavy atom. The molecular weight excluding hydrogens is 616 g/mol. The Labute approximate surface area is 303 Å². The molecule has 4 unspecified atom stereocenters. The molecular formula is C42H82O7. The molecule has 0 saturated carbocycles. The SMILES string of the molecule is CCCCCCCC/C=C\CCCCCCC(COCC(O)CO)OC(CCCCCC/C=C\CCCCCCCC)COCC(O)CO. The lowest BCUT2D eigenvalue weighted by Gasteiger charge is -2.26. The van der Waals surface area contributed by atoms with Crippen molar-refractivity contribution in [1.82, 2.24) is 0 Å². The quantitative estimate of drug-likeness (QED) is 0.0373. The van der Waals surface area contributed by atoms with Gasteiger partial charge in [0.05, 0.1) is 51.8 Å². The fraction of sp³-hybridized carbons (Fsp3) is 0.905. The van der Waals surface area contributed by atoms with Gasteiger partial charge < -0.3 is 34.6 Å². The van der Waals surface area contributed by atoms with E-state index in [0.717, 1.165) is 51.4 Å². The highest BCUT2D eigenvalue weighted by Crippen LogP contribution is 2.17. The maximum absolute atomic E-state index is 9.76. The Hall–Kier alpha value is -0.800. The lowest BCUT2D eigenvalue weighted by Crippen LogP contribution is -2.32. The normalized spacial score (nSPS) is 14.7. The molecule has 0 fully saturated rings. The number of ether oxygens (including phenoxy) is 3. The Morgan fingerprint density at radius 3 is 1.04 bits per heavy atom. The minimum Gasteiger partial charge on any atom is -0.394 e. The van der Waals surface area contributed by atoms with Gasteiger partial charge in [-0.2, -0.15) is 0 Å². The molecule has 49 heavy (non-hydrogen) atoms. The molecule has 0 aliphatic carbocycles. The van der Waals surface area contributed by atoms with Crippen LogP contribution in [0.25, 0.3) is 0 Å². The van der Waals surface area contributed by atoms with Gasteiger partial charge in [0.25, 0.3) is 0 Å². The Bertz CT molecular complexity index is 630. The first kappa shape index (κ1) is 48.2. The highest BCUT2D eigenvalue weighted by Gasteiger charge is 2.19. The van der Waals surface area contributed by atoms with Crippen LogP contribution in [0.2, 0.25) is 0 Å². The van der Waals surface area contributed by atoms with E-state index in [0.29, 0.717) is 13.2 Å². The number of unbranched alkanes of at least 4 members (excludes halogenated alkanes) is 20. The molecule has 4 N–H and O–H groups in total. The topological polar surface area (TPSA) is 109 Å². The van der Waals surface area contributed by atoms with Crippen molar-refractivity contribution in [2.24, 2.45) is 0 Å². The number of allylic oxidation sites excluding steroid dienone is 4. The van der Waals surface area contributed by atoms with Crippen LogP contribution in [0, 0.1) is 0 Å². The van der Waals surface area contributed by atoms with Gasteiger partial charge in [-0.15, -0.1) is 0 Å². The van der Waals surface area contributed by atoms with Crippen molar-refractivity contribution < 1.29 is 34.6 Å². The van der Waals surface area contributed by atoms with Crippen molar-refractivity contribution in [2.45, 2.75) is 205 Å². The zero-order valence-electron chi connectivity index (χ0n) is 32.3. The summed E-state index contributed by atoms with van der Waals surface area (Å²) >= 11 is 0. The van der Waals surface area contributed by atoms with E-state index in [1.54, 1.807) is 0 Å². The lowest BCUT2D eigenvalue weighted by atomic mass is 10.1. The summed E-state index contributed by atoms with van der Waals surface area (Å²) in [6, 6.07) is 0. The monoisotopic (exact) mass is 699 g/mol. The summed E-state index contributed by atoms with van der Waals surface area (Å²) in [5.74, 6) is 0. The lowest BCUT2D eigenvalue weighted by molar-refractivity contribution is -0.107. The molecule has 0 radical (unpaired) electrons. The third-order valence-electron chi connectivity index (χ3n) is 9.11. The fourth-order valence-corrected chi connectivity index (χ4v) is 5.96. The largest absolute Gasteiger partial charge is 0.394 e. The van der Waals surface area contributed by atoms with Crippen molar-refractivity contribution in [1.29, 1.82) is 0 Å². The molecule has 0 aliphatic heterocycles. The molecule has 0 bridgehead atoms. The summed E-state index contributed by atoms with van der Waals surface area (Å²) in [6.45, 7) is 4.77. The zero-order chi connectivity index (χ0) is 35.9. The molecule has 7 heteroatoms. The van der Waals surface area contributed by atoms with Crippen LogP contribution in [0.1, 0.15) is 181 Å². The van der Waals surface area contributed by atoms with Crippen LogP contribution in [-0.4, -0.2) is 84.5 Å². The number of hydrogen-bond donors (Lipinski definition) is 4. The minimum atomic E-state index is -0.890. The summed E-state index contributed by atoms with van der Waals surface area (Å²) in [6.07, 6.45) is 39.2. The molecule has 0 heterocycles. The molecule has 7 nitrogen and oxygen atoms in total. The van der Waals surface area contributed by atoms with E-state index in [9.17, 15) is 20.4 Å². The molecule has 292 valence electrons. The third kappa shape index (κ3) is 36.8. The Balaban J connectivity index is 4.54. The van der Waals surface area contributed by atoms with E-state index in [1.165, 1.54) is 116 Å². The number of aliphatic hydroxyl groups excluding tert-OH is 4. The molecule has 0 saturated heterocycles. The average Bonchev–Trinajstić information content (AvgIpc) is 3.11. The zero-order valence-corrected chi connectivity index (χ0v) is 32.3. The van der Waals surface area contributed by atoms with Crippen molar-refractivity contribution >= 4 is 0 Å². The van der Waals surface area contributed by atoms with Crippen LogP contribution in [0.4, 0.5) is 0 Å². The molecule has 0 rings (SSSR count). The van der Waals surface area contributed by atoms with Crippen molar-refractivity contribution in [3.05, 3.63) is 24.3 Å². The van der Waals surface area contributed by atoms with Crippen LogP contribution < -0.4 is 0 Å². The third-order valence-corrected chi connectivity index (χ3v) is 9.11. The molecule has 0 aromatic rings. The van der Waals surface area contributed by atoms with Gasteiger partial charge in [0.1, 0.15) is 12.2 Å². The first-order valence-corrected chi connectivity index (χ1v) is 20.8. The van der Waals surface area contributed by atoms with E-state index in [2.05, 4.69) is 38.2 Å². The fourth-order valence-electron chi connectivity index (χ4n) is 5.96. The van der Waals surface area contributed by atoms with E-state index < -0.39 is 12.2 Å². The van der Waals surface area contributed by atoms with E-state index in [1.807, 2.05) is 0 Å². The minimum absolute atomic E-state index is 0.0820. The highest BCUT2D eigenvalue weighted by molar-refractivity contribution is 4.82. The van der Waals surface area contributed by atoms with Crippen LogP contribution >= 0.6 is 0 Å². The summed E-state index contributed by atoms with van der Waals surface area (Å²) in [4.78, 5) is 0. The van der Waals surface area contributed by atoms with Gasteiger partial charge in [-0.1, -0.05) is 141 Å². The van der Waals surface area contributed by atoms with Gasteiger partial charge >= 0.3 is 0 Å². The van der Waals surface area contributed by atoms with Gasteiger partial charge in [0, 0.05) is 0 Å². The Kier molecular flexibility index (Phi) is 39.3. The van der Waals surface area contributed by atoms with E-state index >= 15 is 0 Å². The Morgan fingerprint density at radius 1 is 0.408 bits per heavy atom. The standard InChI is InChI=1S/C42H82O7/c1-3-5-7-9-11-13-15-17-19-21-23-25-27-29-31-41(37-47-35-39(45)33-43)49-42(38-48-36-40(46)34-44)32-30-28-26-24-22-20-18-16-14-12-10-8-6-4-2/h17-20,39-46H,3-16,21-38H2,1-2H3/b19-17-,20-18-. The molecule has 0 amide bonds. The van der Waals surface area contributed by atoms with E-state index in [-0.39, 0.29) is 38.6 Å². The molecule has 4 atom stereocenters. The molecule has 0 spiro atoms. The highest BCUT2D eigenvalue weighted by atomic mass is 16.6. The van der Waals surface area contributed by atoms with Gasteiger partial charge in [0.2, 0.25) is 0 Å². The van der Waals surface area contributed by atoms with Crippen molar-refractivity contribution in [3.8, 4) is 0 Å². The second kappa shape index (κ2) is 40.0. The molecule has 0 aliphatic rings. The van der Waals surface area contributed by atoms with Crippen molar-refractivity contribution in [2.75, 3.05) is 39.6 Å². The predicted molar refractivity (Wildman–Crippen MR) is 206 cm³/mol. The summed E-state index contributed by atoms with van der Waals surface area (Å²) in [5, 5.41) is 37.9. The first-order chi connectivity index (χ1) is 24.1. The maximum atomic E-state index is 9.76. The van der Waals surface area contributed by atoms with Gasteiger partial charge in [-0.25, -0.2) is 0 Å². The predicted octanol–water partition coefficient (Wildman–Crippen LogP) is 9.77. The van der Waals surface area contributed by atoms with Crippen LogP contribution in [-0.2, 0) is 14.2 Å². The first-order valence-electron chi connectivity index (χ1n) is 20.8. The number of hydrogen-bond acceptors (Lipinski definition) is 7. The molecule has 0 aromatic carbocycles. The van der Waals surface area contributed by atoms with Crippen LogP contribution in [0.3, 0.4) is 0 Å². The van der Waals surface area contributed by atoms with Gasteiger partial charge in [-0.05, 0) is 64.2 Å². The number of aliphatic hydroxyl groups is 4. The maximum Gasteiger partial charge on any atom is 0.100 e. The van der Waals surface area contributed by atoms with Crippen molar-refractivity contribution in [3.63, 3.8) is 0 Å². The molecule has 0 aromatic heterocycles. The van der Waals surface area contributed by atoms with E-state index in [4.69, 9.17) is 14.2 Å². The smallest absolute Gasteiger partial charge is 0.100 e.